The summed E-state index contributed by atoms with van der Waals surface area (Å²) in [5.74, 6) is 0.823. The largest absolute Gasteiger partial charge is 0.349 e. The first-order valence-electron chi connectivity index (χ1n) is 12.5. The number of fused-ring (bicyclic) bond motifs is 1. The molecule has 7 heteroatoms. The molecule has 3 aromatic carbocycles. The van der Waals surface area contributed by atoms with Crippen molar-refractivity contribution in [3.8, 4) is 0 Å². The van der Waals surface area contributed by atoms with E-state index in [1.54, 1.807) is 11.8 Å². The molecule has 6 rings (SSSR count). The molecule has 0 atom stereocenters. The Labute approximate surface area is 214 Å². The molecule has 0 spiro atoms. The zero-order chi connectivity index (χ0) is 24.5. The van der Waals surface area contributed by atoms with E-state index >= 15 is 0 Å². The Balaban J connectivity index is 1.08. The highest BCUT2D eigenvalue weighted by molar-refractivity contribution is 7.98. The highest BCUT2D eigenvalue weighted by Crippen LogP contribution is 2.30. The predicted molar refractivity (Wildman–Crippen MR) is 142 cm³/mol. The number of hydrogen-bond donors (Lipinski definition) is 2. The Morgan fingerprint density at radius 3 is 2.28 bits per heavy atom. The molecule has 2 N–H and O–H groups in total. The minimum Gasteiger partial charge on any atom is -0.349 e. The molecule has 2 amide bonds. The predicted octanol–water partition coefficient (Wildman–Crippen LogP) is 5.55. The van der Waals surface area contributed by atoms with Crippen LogP contribution in [0.1, 0.15) is 57.5 Å². The van der Waals surface area contributed by atoms with Gasteiger partial charge in [-0.2, -0.15) is 0 Å². The van der Waals surface area contributed by atoms with Crippen LogP contribution in [0.2, 0.25) is 0 Å². The summed E-state index contributed by atoms with van der Waals surface area (Å²) in [4.78, 5) is 35.5. The first kappa shape index (κ1) is 22.9. The number of nitrogens with one attached hydrogen (secondary N) is 2. The molecule has 2 aliphatic carbocycles. The molecule has 1 heterocycles. The quantitative estimate of drug-likeness (QED) is 0.298. The first-order chi connectivity index (χ1) is 17.6. The van der Waals surface area contributed by atoms with Gasteiger partial charge in [-0.3, -0.25) is 9.59 Å². The SMILES string of the molecule is O=C(NC1CC1)c1ccc(CN(C(=O)c2ccc(CSc3nc4ccccc4[nH]3)cc2)C2CC2)cc1. The molecule has 0 aliphatic heterocycles. The Morgan fingerprint density at radius 2 is 1.58 bits per heavy atom. The molecule has 2 fully saturated rings. The second kappa shape index (κ2) is 9.82. The maximum Gasteiger partial charge on any atom is 0.254 e. The lowest BCUT2D eigenvalue weighted by Gasteiger charge is -2.23. The fourth-order valence-electron chi connectivity index (χ4n) is 4.27. The van der Waals surface area contributed by atoms with Crippen LogP contribution in [-0.2, 0) is 12.3 Å². The fraction of sp³-hybridized carbons (Fsp3) is 0.276. The lowest BCUT2D eigenvalue weighted by Crippen LogP contribution is -2.32. The van der Waals surface area contributed by atoms with Gasteiger partial charge in [0, 0.05) is 35.5 Å². The summed E-state index contributed by atoms with van der Waals surface area (Å²) in [6, 6.07) is 24.2. The maximum absolute atomic E-state index is 13.4. The average Bonchev–Trinajstić information content (AvgIpc) is 3.85. The number of amides is 2. The minimum atomic E-state index is -0.0160. The van der Waals surface area contributed by atoms with Gasteiger partial charge in [0.15, 0.2) is 5.16 Å². The molecule has 0 radical (unpaired) electrons. The monoisotopic (exact) mass is 496 g/mol. The Kier molecular flexibility index (Phi) is 6.23. The number of para-hydroxylation sites is 2. The van der Waals surface area contributed by atoms with Crippen LogP contribution in [0.3, 0.4) is 0 Å². The zero-order valence-electron chi connectivity index (χ0n) is 19.9. The van der Waals surface area contributed by atoms with Gasteiger partial charge in [-0.1, -0.05) is 48.2 Å². The number of H-pyrrole nitrogens is 1. The number of aromatic nitrogens is 2. The van der Waals surface area contributed by atoms with Crippen molar-refractivity contribution in [2.24, 2.45) is 0 Å². The summed E-state index contributed by atoms with van der Waals surface area (Å²) >= 11 is 1.66. The number of benzene rings is 3. The van der Waals surface area contributed by atoms with E-state index in [0.717, 1.165) is 58.8 Å². The Bertz CT molecular complexity index is 1360. The number of hydrogen-bond acceptors (Lipinski definition) is 4. The number of nitrogens with zero attached hydrogens (tertiary/aromatic N) is 2. The molecule has 0 bridgehead atoms. The van der Waals surface area contributed by atoms with Crippen molar-refractivity contribution in [2.75, 3.05) is 0 Å². The van der Waals surface area contributed by atoms with Crippen molar-refractivity contribution in [2.45, 2.75) is 55.2 Å². The Hall–Kier alpha value is -3.58. The van der Waals surface area contributed by atoms with E-state index in [1.807, 2.05) is 77.7 Å². The van der Waals surface area contributed by atoms with E-state index in [4.69, 9.17) is 0 Å². The van der Waals surface area contributed by atoms with Crippen molar-refractivity contribution in [3.05, 3.63) is 95.1 Å². The van der Waals surface area contributed by atoms with Gasteiger partial charge in [0.2, 0.25) is 0 Å². The van der Waals surface area contributed by atoms with E-state index in [1.165, 1.54) is 0 Å². The average molecular weight is 497 g/mol. The van der Waals surface area contributed by atoms with Crippen LogP contribution in [0.5, 0.6) is 0 Å². The van der Waals surface area contributed by atoms with Crippen LogP contribution in [0.25, 0.3) is 11.0 Å². The lowest BCUT2D eigenvalue weighted by atomic mass is 10.1. The summed E-state index contributed by atoms with van der Waals surface area (Å²) in [5, 5.41) is 3.91. The number of carbonyl (C=O) groups is 2. The van der Waals surface area contributed by atoms with Gasteiger partial charge in [0.05, 0.1) is 11.0 Å². The van der Waals surface area contributed by atoms with Crippen LogP contribution in [0.4, 0.5) is 0 Å². The topological polar surface area (TPSA) is 78.1 Å². The third-order valence-electron chi connectivity index (χ3n) is 6.67. The van der Waals surface area contributed by atoms with E-state index in [-0.39, 0.29) is 11.8 Å². The molecule has 4 aromatic rings. The molecule has 0 saturated heterocycles. The third-order valence-corrected chi connectivity index (χ3v) is 7.62. The van der Waals surface area contributed by atoms with E-state index < -0.39 is 0 Å². The van der Waals surface area contributed by atoms with E-state index in [2.05, 4.69) is 15.3 Å². The number of aromatic amines is 1. The molecule has 0 unspecified atom stereocenters. The highest BCUT2D eigenvalue weighted by Gasteiger charge is 2.33. The lowest BCUT2D eigenvalue weighted by molar-refractivity contribution is 0.0729. The standard InChI is InChI=1S/C29H28N4O2S/c34-27(30-23-13-14-23)21-9-5-19(6-10-21)17-33(24-15-16-24)28(35)22-11-7-20(8-12-22)18-36-29-31-25-3-1-2-4-26(25)32-29/h1-12,23-24H,13-18H2,(H,30,34)(H,31,32). The van der Waals surface area contributed by atoms with Gasteiger partial charge >= 0.3 is 0 Å². The van der Waals surface area contributed by atoms with Crippen molar-refractivity contribution >= 4 is 34.6 Å². The molecular formula is C29H28N4O2S. The number of thioether (sulfide) groups is 1. The Morgan fingerprint density at radius 1 is 0.889 bits per heavy atom. The minimum absolute atomic E-state index is 0.0160. The zero-order valence-corrected chi connectivity index (χ0v) is 20.8. The van der Waals surface area contributed by atoms with Crippen molar-refractivity contribution in [1.29, 1.82) is 0 Å². The van der Waals surface area contributed by atoms with Crippen LogP contribution in [-0.4, -0.2) is 38.8 Å². The smallest absolute Gasteiger partial charge is 0.254 e. The van der Waals surface area contributed by atoms with E-state index in [9.17, 15) is 9.59 Å². The first-order valence-corrected chi connectivity index (χ1v) is 13.5. The van der Waals surface area contributed by atoms with Crippen molar-refractivity contribution in [3.63, 3.8) is 0 Å². The van der Waals surface area contributed by atoms with Crippen LogP contribution in [0.15, 0.2) is 78.0 Å². The number of rotatable bonds is 9. The summed E-state index contributed by atoms with van der Waals surface area (Å²) in [5.41, 5.74) is 5.58. The molecule has 182 valence electrons. The molecular weight excluding hydrogens is 468 g/mol. The van der Waals surface area contributed by atoms with Gasteiger partial charge in [-0.25, -0.2) is 4.98 Å². The summed E-state index contributed by atoms with van der Waals surface area (Å²) in [6.45, 7) is 0.553. The number of imidazole rings is 1. The van der Waals surface area contributed by atoms with Crippen LogP contribution >= 0.6 is 11.8 Å². The fourth-order valence-corrected chi connectivity index (χ4v) is 5.11. The highest BCUT2D eigenvalue weighted by atomic mass is 32.2. The summed E-state index contributed by atoms with van der Waals surface area (Å²) < 4.78 is 0. The normalized spacial score (nSPS) is 15.1. The van der Waals surface area contributed by atoms with E-state index in [0.29, 0.717) is 29.8 Å². The maximum atomic E-state index is 13.4. The second-order valence-electron chi connectivity index (χ2n) is 9.65. The summed E-state index contributed by atoms with van der Waals surface area (Å²) in [6.07, 6.45) is 4.23. The van der Waals surface area contributed by atoms with Gasteiger partial charge < -0.3 is 15.2 Å². The van der Waals surface area contributed by atoms with Crippen LogP contribution < -0.4 is 5.32 Å². The van der Waals surface area contributed by atoms with Gasteiger partial charge in [-0.15, -0.1) is 0 Å². The van der Waals surface area contributed by atoms with Gasteiger partial charge in [0.25, 0.3) is 11.8 Å². The number of carbonyl (C=O) groups excluding carboxylic acids is 2. The molecule has 36 heavy (non-hydrogen) atoms. The van der Waals surface area contributed by atoms with Crippen LogP contribution in [0, 0.1) is 0 Å². The third kappa shape index (κ3) is 5.31. The molecule has 2 saturated carbocycles. The molecule has 6 nitrogen and oxygen atoms in total. The van der Waals surface area contributed by atoms with Crippen molar-refractivity contribution < 1.29 is 9.59 Å². The molecule has 2 aliphatic rings. The second-order valence-corrected chi connectivity index (χ2v) is 10.6. The summed E-state index contributed by atoms with van der Waals surface area (Å²) in [7, 11) is 0. The van der Waals surface area contributed by atoms with Gasteiger partial charge in [-0.05, 0) is 73.2 Å². The van der Waals surface area contributed by atoms with Gasteiger partial charge in [0.1, 0.15) is 0 Å². The molecule has 1 aromatic heterocycles. The van der Waals surface area contributed by atoms with Crippen molar-refractivity contribution in [1.82, 2.24) is 20.2 Å².